The molecule has 1 unspecified atom stereocenters. The van der Waals surface area contributed by atoms with Crippen LogP contribution in [-0.4, -0.2) is 22.8 Å². The Morgan fingerprint density at radius 1 is 1.07 bits per heavy atom. The number of carbonyl (C=O) groups is 1. The molecule has 1 heterocycles. The van der Waals surface area contributed by atoms with Gasteiger partial charge in [0.15, 0.2) is 0 Å². The predicted octanol–water partition coefficient (Wildman–Crippen LogP) is 4.89. The molecule has 0 aliphatic rings. The predicted molar refractivity (Wildman–Crippen MR) is 119 cm³/mol. The van der Waals surface area contributed by atoms with Gasteiger partial charge in [0, 0.05) is 10.9 Å². The smallest absolute Gasteiger partial charge is 0.251 e. The second-order valence-electron chi connectivity index (χ2n) is 7.53. The molecular formula is C25H25N3O2. The molecular weight excluding hydrogens is 374 g/mol. The summed E-state index contributed by atoms with van der Waals surface area (Å²) in [5.41, 5.74) is 4.99. The number of rotatable bonds is 6. The van der Waals surface area contributed by atoms with E-state index < -0.39 is 0 Å². The van der Waals surface area contributed by atoms with E-state index in [2.05, 4.69) is 41.6 Å². The Morgan fingerprint density at radius 3 is 2.50 bits per heavy atom. The summed E-state index contributed by atoms with van der Waals surface area (Å²) in [7, 11) is 1.64. The van der Waals surface area contributed by atoms with Crippen molar-refractivity contribution in [2.45, 2.75) is 26.4 Å². The van der Waals surface area contributed by atoms with Crippen molar-refractivity contribution in [2.75, 3.05) is 7.11 Å². The maximum absolute atomic E-state index is 12.9. The van der Waals surface area contributed by atoms with E-state index in [0.29, 0.717) is 12.1 Å². The fourth-order valence-electron chi connectivity index (χ4n) is 3.46. The lowest BCUT2D eigenvalue weighted by Gasteiger charge is -2.15. The number of aromatic nitrogens is 2. The first kappa shape index (κ1) is 19.7. The zero-order chi connectivity index (χ0) is 21.1. The van der Waals surface area contributed by atoms with E-state index in [1.54, 1.807) is 7.11 Å². The molecule has 0 bridgehead atoms. The molecule has 1 atom stereocenters. The van der Waals surface area contributed by atoms with E-state index in [0.717, 1.165) is 22.2 Å². The number of ether oxygens (including phenoxy) is 1. The highest BCUT2D eigenvalue weighted by Gasteiger charge is 2.14. The molecule has 5 nitrogen and oxygen atoms in total. The second-order valence-corrected chi connectivity index (χ2v) is 7.53. The van der Waals surface area contributed by atoms with Gasteiger partial charge in [-0.3, -0.25) is 9.48 Å². The van der Waals surface area contributed by atoms with Crippen molar-refractivity contribution in [2.24, 2.45) is 0 Å². The molecule has 1 aromatic heterocycles. The van der Waals surface area contributed by atoms with Crippen LogP contribution in [0.3, 0.4) is 0 Å². The lowest BCUT2D eigenvalue weighted by atomic mass is 10.1. The quantitative estimate of drug-likeness (QED) is 0.502. The van der Waals surface area contributed by atoms with Crippen molar-refractivity contribution in [1.82, 2.24) is 15.1 Å². The van der Waals surface area contributed by atoms with Crippen LogP contribution in [0.2, 0.25) is 0 Å². The van der Waals surface area contributed by atoms with E-state index in [-0.39, 0.29) is 11.9 Å². The number of benzene rings is 3. The number of nitrogens with one attached hydrogen (secondary N) is 1. The lowest BCUT2D eigenvalue weighted by Crippen LogP contribution is -2.26. The summed E-state index contributed by atoms with van der Waals surface area (Å²) in [5, 5.41) is 8.60. The normalized spacial score (nSPS) is 12.0. The van der Waals surface area contributed by atoms with Gasteiger partial charge in [-0.25, -0.2) is 0 Å². The molecule has 4 aromatic rings. The van der Waals surface area contributed by atoms with Crippen molar-refractivity contribution in [3.05, 3.63) is 95.2 Å². The van der Waals surface area contributed by atoms with E-state index in [9.17, 15) is 4.79 Å². The van der Waals surface area contributed by atoms with Crippen LogP contribution in [0.4, 0.5) is 0 Å². The van der Waals surface area contributed by atoms with Crippen LogP contribution in [0.5, 0.6) is 5.75 Å². The maximum Gasteiger partial charge on any atom is 0.251 e. The lowest BCUT2D eigenvalue weighted by molar-refractivity contribution is 0.0940. The number of fused-ring (bicyclic) bond motifs is 1. The molecule has 152 valence electrons. The van der Waals surface area contributed by atoms with Crippen LogP contribution in [0.15, 0.2) is 72.9 Å². The van der Waals surface area contributed by atoms with Gasteiger partial charge in [-0.15, -0.1) is 0 Å². The summed E-state index contributed by atoms with van der Waals surface area (Å²) >= 11 is 0. The van der Waals surface area contributed by atoms with Crippen molar-refractivity contribution in [3.63, 3.8) is 0 Å². The fourth-order valence-corrected chi connectivity index (χ4v) is 3.46. The van der Waals surface area contributed by atoms with Gasteiger partial charge >= 0.3 is 0 Å². The van der Waals surface area contributed by atoms with Crippen molar-refractivity contribution < 1.29 is 9.53 Å². The highest BCUT2D eigenvalue weighted by atomic mass is 16.5. The van der Waals surface area contributed by atoms with E-state index in [1.165, 1.54) is 11.1 Å². The number of methoxy groups -OCH3 is 1. The Hall–Kier alpha value is -3.60. The maximum atomic E-state index is 12.9. The van der Waals surface area contributed by atoms with Crippen LogP contribution >= 0.6 is 0 Å². The molecule has 5 heteroatoms. The third-order valence-electron chi connectivity index (χ3n) is 5.32. The molecule has 0 fully saturated rings. The summed E-state index contributed by atoms with van der Waals surface area (Å²) in [6, 6.07) is 21.7. The first-order valence-electron chi connectivity index (χ1n) is 9.99. The highest BCUT2D eigenvalue weighted by Crippen LogP contribution is 2.20. The minimum absolute atomic E-state index is 0.108. The van der Waals surface area contributed by atoms with Gasteiger partial charge < -0.3 is 10.1 Å². The van der Waals surface area contributed by atoms with Gasteiger partial charge in [0.1, 0.15) is 5.75 Å². The summed E-state index contributed by atoms with van der Waals surface area (Å²) in [6.45, 7) is 4.71. The number of amides is 1. The van der Waals surface area contributed by atoms with Crippen LogP contribution in [0.25, 0.3) is 10.9 Å². The third kappa shape index (κ3) is 4.20. The molecule has 1 amide bonds. The summed E-state index contributed by atoms with van der Waals surface area (Å²) < 4.78 is 7.13. The molecule has 30 heavy (non-hydrogen) atoms. The summed E-state index contributed by atoms with van der Waals surface area (Å²) in [4.78, 5) is 12.9. The van der Waals surface area contributed by atoms with Gasteiger partial charge in [-0.1, -0.05) is 48.0 Å². The summed E-state index contributed by atoms with van der Waals surface area (Å²) in [6.07, 6.45) is 1.84. The number of carbonyl (C=O) groups excluding carboxylic acids is 1. The Labute approximate surface area is 176 Å². The van der Waals surface area contributed by atoms with Gasteiger partial charge in [-0.2, -0.15) is 5.10 Å². The number of hydrogen-bond donors (Lipinski definition) is 1. The molecule has 3 aromatic carbocycles. The molecule has 0 saturated heterocycles. The Bertz CT molecular complexity index is 1160. The molecule has 4 rings (SSSR count). The van der Waals surface area contributed by atoms with Crippen molar-refractivity contribution in [1.29, 1.82) is 0 Å². The molecule has 0 aliphatic carbocycles. The second kappa shape index (κ2) is 8.41. The minimum Gasteiger partial charge on any atom is -0.497 e. The third-order valence-corrected chi connectivity index (χ3v) is 5.32. The average molecular weight is 399 g/mol. The first-order valence-corrected chi connectivity index (χ1v) is 9.99. The number of aryl methyl sites for hydroxylation is 1. The van der Waals surface area contributed by atoms with Gasteiger partial charge in [0.2, 0.25) is 0 Å². The van der Waals surface area contributed by atoms with Crippen LogP contribution < -0.4 is 10.1 Å². The van der Waals surface area contributed by atoms with Gasteiger partial charge in [0.25, 0.3) is 5.91 Å². The Kier molecular flexibility index (Phi) is 5.53. The molecule has 0 saturated carbocycles. The van der Waals surface area contributed by atoms with Crippen molar-refractivity contribution >= 4 is 16.8 Å². The standard InChI is InChI=1S/C25H25N3O2/c1-17-4-6-19(7-5-17)16-28-24-14-21(8-9-22(24)15-26-28)25(29)27-18(2)20-10-12-23(30-3)13-11-20/h4-15,18H,16H2,1-3H3,(H,27,29). The zero-order valence-corrected chi connectivity index (χ0v) is 17.4. The van der Waals surface area contributed by atoms with Gasteiger partial charge in [0.05, 0.1) is 31.4 Å². The van der Waals surface area contributed by atoms with E-state index >= 15 is 0 Å². The van der Waals surface area contributed by atoms with Gasteiger partial charge in [-0.05, 0) is 49.2 Å². The SMILES string of the molecule is COc1ccc(C(C)NC(=O)c2ccc3cnn(Cc4ccc(C)cc4)c3c2)cc1. The monoisotopic (exact) mass is 399 g/mol. The fraction of sp³-hybridized carbons (Fsp3) is 0.200. The molecule has 1 N–H and O–H groups in total. The Morgan fingerprint density at radius 2 is 1.80 bits per heavy atom. The first-order chi connectivity index (χ1) is 14.5. The van der Waals surface area contributed by atoms with Crippen LogP contribution in [0, 0.1) is 6.92 Å². The summed E-state index contributed by atoms with van der Waals surface area (Å²) in [5.74, 6) is 0.688. The molecule has 0 spiro atoms. The van der Waals surface area contributed by atoms with E-state index in [1.807, 2.05) is 60.3 Å². The topological polar surface area (TPSA) is 56.1 Å². The average Bonchev–Trinajstić information content (AvgIpc) is 3.17. The zero-order valence-electron chi connectivity index (χ0n) is 17.4. The Balaban J connectivity index is 1.53. The number of nitrogens with zero attached hydrogens (tertiary/aromatic N) is 2. The number of hydrogen-bond acceptors (Lipinski definition) is 3. The van der Waals surface area contributed by atoms with Crippen LogP contribution in [-0.2, 0) is 6.54 Å². The minimum atomic E-state index is -0.114. The highest BCUT2D eigenvalue weighted by molar-refractivity contribution is 5.98. The molecule has 0 aliphatic heterocycles. The molecule has 0 radical (unpaired) electrons. The van der Waals surface area contributed by atoms with Crippen LogP contribution in [0.1, 0.15) is 40.0 Å². The van der Waals surface area contributed by atoms with Crippen molar-refractivity contribution in [3.8, 4) is 5.75 Å². The van der Waals surface area contributed by atoms with E-state index in [4.69, 9.17) is 4.74 Å². The largest absolute Gasteiger partial charge is 0.497 e.